The van der Waals surface area contributed by atoms with E-state index in [1.807, 2.05) is 0 Å². The first-order valence-electron chi connectivity index (χ1n) is 5.48. The molecule has 0 fully saturated rings. The minimum absolute atomic E-state index is 0.224. The van der Waals surface area contributed by atoms with Crippen LogP contribution < -0.4 is 5.73 Å². The van der Waals surface area contributed by atoms with E-state index in [4.69, 9.17) is 5.73 Å². The standard InChI is InChI=1S/C12H13F3N2S/c1-5(2)8-9(12(13,14)15)6(3)4-7-10(8)17-11(16)18-7/h4-5H,1-3H3,(H2,16,17). The quantitative estimate of drug-likeness (QED) is 0.840. The molecule has 0 bridgehead atoms. The average Bonchev–Trinajstić information content (AvgIpc) is 2.53. The Labute approximate surface area is 107 Å². The Kier molecular flexibility index (Phi) is 3.01. The number of thiazole rings is 1. The van der Waals surface area contributed by atoms with Gasteiger partial charge in [0, 0.05) is 0 Å². The van der Waals surface area contributed by atoms with E-state index in [1.54, 1.807) is 13.8 Å². The van der Waals surface area contributed by atoms with Crippen LogP contribution in [0.5, 0.6) is 0 Å². The Balaban J connectivity index is 2.92. The zero-order valence-corrected chi connectivity index (χ0v) is 11.0. The third kappa shape index (κ3) is 2.05. The molecule has 0 saturated carbocycles. The number of rotatable bonds is 1. The summed E-state index contributed by atoms with van der Waals surface area (Å²) in [6, 6.07) is 1.51. The molecular formula is C12H13F3N2S. The Bertz CT molecular complexity index is 599. The fraction of sp³-hybridized carbons (Fsp3) is 0.417. The first kappa shape index (κ1) is 13.1. The Hall–Kier alpha value is -1.30. The fourth-order valence-corrected chi connectivity index (χ4v) is 3.03. The van der Waals surface area contributed by atoms with Gasteiger partial charge in [-0.1, -0.05) is 25.2 Å². The molecule has 0 aliphatic carbocycles. The summed E-state index contributed by atoms with van der Waals surface area (Å²) < 4.78 is 40.2. The van der Waals surface area contributed by atoms with Crippen LogP contribution >= 0.6 is 11.3 Å². The molecule has 0 aliphatic rings. The van der Waals surface area contributed by atoms with Gasteiger partial charge >= 0.3 is 6.18 Å². The van der Waals surface area contributed by atoms with Gasteiger partial charge in [0.15, 0.2) is 5.13 Å². The predicted octanol–water partition coefficient (Wildman–Crippen LogP) is 4.33. The van der Waals surface area contributed by atoms with Gasteiger partial charge in [0.05, 0.1) is 15.8 Å². The van der Waals surface area contributed by atoms with Crippen LogP contribution in [0.2, 0.25) is 0 Å². The van der Waals surface area contributed by atoms with Gasteiger partial charge in [-0.15, -0.1) is 0 Å². The summed E-state index contributed by atoms with van der Waals surface area (Å²) in [4.78, 5) is 4.05. The van der Waals surface area contributed by atoms with Crippen LogP contribution in [0.1, 0.15) is 36.5 Å². The van der Waals surface area contributed by atoms with Crippen molar-refractivity contribution >= 4 is 26.7 Å². The zero-order valence-electron chi connectivity index (χ0n) is 10.2. The molecule has 2 N–H and O–H groups in total. The third-order valence-electron chi connectivity index (χ3n) is 2.80. The summed E-state index contributed by atoms with van der Waals surface area (Å²) in [7, 11) is 0. The molecule has 0 atom stereocenters. The minimum atomic E-state index is -4.36. The highest BCUT2D eigenvalue weighted by molar-refractivity contribution is 7.22. The van der Waals surface area contributed by atoms with E-state index >= 15 is 0 Å². The Morgan fingerprint density at radius 3 is 2.44 bits per heavy atom. The van der Waals surface area contributed by atoms with E-state index in [9.17, 15) is 13.2 Å². The predicted molar refractivity (Wildman–Crippen MR) is 67.9 cm³/mol. The summed E-state index contributed by atoms with van der Waals surface area (Å²) in [5, 5.41) is 0.297. The van der Waals surface area contributed by atoms with Crippen molar-refractivity contribution in [2.75, 3.05) is 5.73 Å². The van der Waals surface area contributed by atoms with E-state index < -0.39 is 11.7 Å². The highest BCUT2D eigenvalue weighted by Gasteiger charge is 2.37. The van der Waals surface area contributed by atoms with E-state index in [0.29, 0.717) is 15.3 Å². The van der Waals surface area contributed by atoms with Crippen molar-refractivity contribution < 1.29 is 13.2 Å². The number of aromatic nitrogens is 1. The maximum absolute atomic E-state index is 13.1. The van der Waals surface area contributed by atoms with Crippen LogP contribution in [-0.2, 0) is 6.18 Å². The molecule has 98 valence electrons. The van der Waals surface area contributed by atoms with Crippen molar-refractivity contribution in [2.24, 2.45) is 0 Å². The van der Waals surface area contributed by atoms with Gasteiger partial charge in [0.25, 0.3) is 0 Å². The van der Waals surface area contributed by atoms with Crippen molar-refractivity contribution in [1.29, 1.82) is 0 Å². The number of fused-ring (bicyclic) bond motifs is 1. The normalized spacial score (nSPS) is 12.6. The van der Waals surface area contributed by atoms with Crippen LogP contribution in [0.25, 0.3) is 10.2 Å². The average molecular weight is 274 g/mol. The lowest BCUT2D eigenvalue weighted by Gasteiger charge is -2.18. The maximum atomic E-state index is 13.1. The highest BCUT2D eigenvalue weighted by Crippen LogP contribution is 2.42. The van der Waals surface area contributed by atoms with Crippen LogP contribution in [0, 0.1) is 6.92 Å². The molecule has 1 aromatic heterocycles. The summed E-state index contributed by atoms with van der Waals surface area (Å²) in [5.74, 6) is -0.259. The minimum Gasteiger partial charge on any atom is -0.375 e. The van der Waals surface area contributed by atoms with Crippen LogP contribution in [-0.4, -0.2) is 4.98 Å². The SMILES string of the molecule is Cc1cc2sc(N)nc2c(C(C)C)c1C(F)(F)F. The van der Waals surface area contributed by atoms with Crippen LogP contribution in [0.3, 0.4) is 0 Å². The van der Waals surface area contributed by atoms with E-state index in [2.05, 4.69) is 4.98 Å². The van der Waals surface area contributed by atoms with Crippen molar-refractivity contribution in [3.05, 3.63) is 22.8 Å². The molecule has 18 heavy (non-hydrogen) atoms. The van der Waals surface area contributed by atoms with E-state index in [1.165, 1.54) is 24.3 Å². The van der Waals surface area contributed by atoms with Gasteiger partial charge in [-0.25, -0.2) is 4.98 Å². The number of nitrogens with zero attached hydrogens (tertiary/aromatic N) is 1. The lowest BCUT2D eigenvalue weighted by molar-refractivity contribution is -0.138. The van der Waals surface area contributed by atoms with Gasteiger partial charge in [0.2, 0.25) is 0 Å². The first-order valence-corrected chi connectivity index (χ1v) is 6.30. The van der Waals surface area contributed by atoms with Gasteiger partial charge in [-0.05, 0) is 30.0 Å². The van der Waals surface area contributed by atoms with Crippen molar-refractivity contribution in [1.82, 2.24) is 4.98 Å². The number of hydrogen-bond acceptors (Lipinski definition) is 3. The maximum Gasteiger partial charge on any atom is 0.417 e. The molecular weight excluding hydrogens is 261 g/mol. The van der Waals surface area contributed by atoms with Gasteiger partial charge < -0.3 is 5.73 Å². The molecule has 0 saturated heterocycles. The topological polar surface area (TPSA) is 38.9 Å². The molecule has 1 aromatic carbocycles. The largest absolute Gasteiger partial charge is 0.417 e. The van der Waals surface area contributed by atoms with Crippen LogP contribution in [0.15, 0.2) is 6.07 Å². The molecule has 0 radical (unpaired) electrons. The second-order valence-electron chi connectivity index (χ2n) is 4.53. The summed E-state index contributed by atoms with van der Waals surface area (Å²) >= 11 is 1.22. The van der Waals surface area contributed by atoms with Crippen LogP contribution in [0.4, 0.5) is 18.3 Å². The molecule has 2 nitrogen and oxygen atoms in total. The van der Waals surface area contributed by atoms with Crippen molar-refractivity contribution in [2.45, 2.75) is 32.9 Å². The number of nitrogen functional groups attached to an aromatic ring is 1. The molecule has 0 spiro atoms. The molecule has 6 heteroatoms. The lowest BCUT2D eigenvalue weighted by Crippen LogP contribution is -2.13. The molecule has 0 unspecified atom stereocenters. The van der Waals surface area contributed by atoms with Gasteiger partial charge in [-0.2, -0.15) is 13.2 Å². The van der Waals surface area contributed by atoms with Gasteiger partial charge in [-0.3, -0.25) is 0 Å². The zero-order chi connectivity index (χ0) is 13.7. The number of hydrogen-bond donors (Lipinski definition) is 1. The van der Waals surface area contributed by atoms with Crippen molar-refractivity contribution in [3.63, 3.8) is 0 Å². The monoisotopic (exact) mass is 274 g/mol. The molecule has 0 amide bonds. The third-order valence-corrected chi connectivity index (χ3v) is 3.63. The number of alkyl halides is 3. The number of benzene rings is 1. The van der Waals surface area contributed by atoms with E-state index in [0.717, 1.165) is 0 Å². The van der Waals surface area contributed by atoms with Crippen molar-refractivity contribution in [3.8, 4) is 0 Å². The number of halogens is 3. The second kappa shape index (κ2) is 4.12. The Morgan fingerprint density at radius 2 is 1.94 bits per heavy atom. The fourth-order valence-electron chi connectivity index (χ4n) is 2.18. The number of anilines is 1. The summed E-state index contributed by atoms with van der Waals surface area (Å²) in [5.41, 5.74) is 5.87. The smallest absolute Gasteiger partial charge is 0.375 e. The highest BCUT2D eigenvalue weighted by atomic mass is 32.1. The molecule has 0 aliphatic heterocycles. The van der Waals surface area contributed by atoms with Gasteiger partial charge in [0.1, 0.15) is 0 Å². The number of aryl methyl sites for hydroxylation is 1. The number of nitrogens with two attached hydrogens (primary N) is 1. The van der Waals surface area contributed by atoms with E-state index in [-0.39, 0.29) is 17.0 Å². The first-order chi connectivity index (χ1) is 8.21. The second-order valence-corrected chi connectivity index (χ2v) is 5.60. The lowest BCUT2D eigenvalue weighted by atomic mass is 9.92. The molecule has 2 rings (SSSR count). The molecule has 2 aromatic rings. The summed E-state index contributed by atoms with van der Waals surface area (Å²) in [6.07, 6.45) is -4.36. The summed E-state index contributed by atoms with van der Waals surface area (Å²) in [6.45, 7) is 4.95. The molecule has 1 heterocycles. The Morgan fingerprint density at radius 1 is 1.33 bits per heavy atom.